The van der Waals surface area contributed by atoms with Gasteiger partial charge >= 0.3 is 12.0 Å². The average molecular weight is 286 g/mol. The van der Waals surface area contributed by atoms with Gasteiger partial charge in [0.25, 0.3) is 0 Å². The van der Waals surface area contributed by atoms with Gasteiger partial charge in [-0.3, -0.25) is 5.32 Å². The number of thiophene rings is 1. The van der Waals surface area contributed by atoms with Gasteiger partial charge in [0.1, 0.15) is 5.00 Å². The largest absolute Gasteiger partial charge is 0.478 e. The van der Waals surface area contributed by atoms with Crippen molar-refractivity contribution in [3.63, 3.8) is 0 Å². The van der Waals surface area contributed by atoms with Crippen LogP contribution < -0.4 is 10.6 Å². The molecule has 4 N–H and O–H groups in total. The molecule has 0 saturated heterocycles. The second kappa shape index (κ2) is 7.10. The van der Waals surface area contributed by atoms with E-state index in [0.717, 1.165) is 11.3 Å². The van der Waals surface area contributed by atoms with Crippen molar-refractivity contribution in [2.45, 2.75) is 26.4 Å². The molecule has 1 rings (SSSR count). The van der Waals surface area contributed by atoms with Gasteiger partial charge in [0.2, 0.25) is 0 Å². The topological polar surface area (TPSA) is 98.7 Å². The number of nitrogens with one attached hydrogen (secondary N) is 2. The molecule has 1 unspecified atom stereocenters. The number of aliphatic hydroxyl groups is 1. The number of urea groups is 1. The maximum atomic E-state index is 11.6. The Morgan fingerprint density at radius 1 is 1.42 bits per heavy atom. The van der Waals surface area contributed by atoms with E-state index in [1.807, 2.05) is 13.8 Å². The molecule has 1 aromatic rings. The molecular weight excluding hydrogens is 268 g/mol. The zero-order valence-corrected chi connectivity index (χ0v) is 11.7. The van der Waals surface area contributed by atoms with Crippen LogP contribution in [0.4, 0.5) is 9.80 Å². The van der Waals surface area contributed by atoms with Crippen molar-refractivity contribution in [3.8, 4) is 0 Å². The Bertz CT molecular complexity index is 445. The lowest BCUT2D eigenvalue weighted by Crippen LogP contribution is -2.35. The lowest BCUT2D eigenvalue weighted by molar-refractivity contribution is 0.0698. The first-order valence-corrected chi connectivity index (χ1v) is 6.81. The third-order valence-electron chi connectivity index (χ3n) is 2.36. The van der Waals surface area contributed by atoms with E-state index in [1.165, 1.54) is 6.07 Å². The van der Waals surface area contributed by atoms with Gasteiger partial charge in [0, 0.05) is 6.54 Å². The Morgan fingerprint density at radius 2 is 2.11 bits per heavy atom. The maximum Gasteiger partial charge on any atom is 0.338 e. The Balaban J connectivity index is 2.43. The van der Waals surface area contributed by atoms with Gasteiger partial charge in [0.05, 0.1) is 11.7 Å². The number of hydrogen-bond donors (Lipinski definition) is 4. The zero-order valence-electron chi connectivity index (χ0n) is 10.8. The fraction of sp³-hybridized carbons (Fsp3) is 0.500. The minimum absolute atomic E-state index is 0.0582. The molecule has 0 fully saturated rings. The van der Waals surface area contributed by atoms with Crippen molar-refractivity contribution in [3.05, 3.63) is 17.0 Å². The minimum atomic E-state index is -1.09. The Kier molecular flexibility index (Phi) is 5.78. The van der Waals surface area contributed by atoms with E-state index in [4.69, 9.17) is 5.11 Å². The number of anilines is 1. The van der Waals surface area contributed by atoms with Crippen molar-refractivity contribution in [1.29, 1.82) is 0 Å². The molecule has 0 aliphatic rings. The number of aliphatic hydroxyl groups excluding tert-OH is 1. The Labute approximate surface area is 115 Å². The molecule has 0 radical (unpaired) electrons. The monoisotopic (exact) mass is 286 g/mol. The number of carboxylic acid groups (broad SMARTS) is 1. The van der Waals surface area contributed by atoms with Crippen molar-refractivity contribution in [1.82, 2.24) is 5.32 Å². The number of carbonyl (C=O) groups is 2. The summed E-state index contributed by atoms with van der Waals surface area (Å²) in [5, 5.41) is 25.3. The average Bonchev–Trinajstić information content (AvgIpc) is 2.73. The summed E-state index contributed by atoms with van der Waals surface area (Å²) in [7, 11) is 0. The smallest absolute Gasteiger partial charge is 0.338 e. The predicted molar refractivity (Wildman–Crippen MR) is 73.8 cm³/mol. The summed E-state index contributed by atoms with van der Waals surface area (Å²) in [6.07, 6.45) is -0.00679. The van der Waals surface area contributed by atoms with Gasteiger partial charge in [-0.05, 0) is 23.8 Å². The highest BCUT2D eigenvalue weighted by molar-refractivity contribution is 7.14. The number of carboxylic acids is 1. The highest BCUT2D eigenvalue weighted by Gasteiger charge is 2.14. The molecule has 1 heterocycles. The standard InChI is InChI=1S/C12H18N2O4S/c1-7(2)5-8(15)6-13-12(18)14-10-9(11(16)17)3-4-19-10/h3-4,7-8,15H,5-6H2,1-2H3,(H,16,17)(H2,13,14,18). The molecule has 0 aromatic carbocycles. The summed E-state index contributed by atoms with van der Waals surface area (Å²) >= 11 is 1.14. The van der Waals surface area contributed by atoms with E-state index >= 15 is 0 Å². The lowest BCUT2D eigenvalue weighted by Gasteiger charge is -2.14. The number of carbonyl (C=O) groups excluding carboxylic acids is 1. The fourth-order valence-corrected chi connectivity index (χ4v) is 2.33. The van der Waals surface area contributed by atoms with Gasteiger partial charge in [-0.15, -0.1) is 11.3 Å². The third kappa shape index (κ3) is 5.27. The van der Waals surface area contributed by atoms with E-state index in [9.17, 15) is 14.7 Å². The lowest BCUT2D eigenvalue weighted by atomic mass is 10.1. The van der Waals surface area contributed by atoms with E-state index in [2.05, 4.69) is 10.6 Å². The Morgan fingerprint density at radius 3 is 2.68 bits per heavy atom. The maximum absolute atomic E-state index is 11.6. The molecule has 19 heavy (non-hydrogen) atoms. The van der Waals surface area contributed by atoms with Crippen LogP contribution in [0.3, 0.4) is 0 Å². The summed E-state index contributed by atoms with van der Waals surface area (Å²) in [5.74, 6) is -0.743. The number of aromatic carboxylic acids is 1. The van der Waals surface area contributed by atoms with Crippen LogP contribution in [0.25, 0.3) is 0 Å². The van der Waals surface area contributed by atoms with Crippen LogP contribution in [0.1, 0.15) is 30.6 Å². The minimum Gasteiger partial charge on any atom is -0.478 e. The third-order valence-corrected chi connectivity index (χ3v) is 3.19. The second-order valence-corrected chi connectivity index (χ2v) is 5.50. The summed E-state index contributed by atoms with van der Waals surface area (Å²) in [6, 6.07) is 0.906. The molecule has 1 aromatic heterocycles. The normalized spacial score (nSPS) is 12.2. The SMILES string of the molecule is CC(C)CC(O)CNC(=O)Nc1sccc1C(=O)O. The van der Waals surface area contributed by atoms with Crippen molar-refractivity contribution >= 4 is 28.3 Å². The quantitative estimate of drug-likeness (QED) is 0.642. The molecular formula is C12H18N2O4S. The molecule has 0 saturated carbocycles. The van der Waals surface area contributed by atoms with Gasteiger partial charge < -0.3 is 15.5 Å². The van der Waals surface area contributed by atoms with E-state index in [-0.39, 0.29) is 17.1 Å². The first-order chi connectivity index (χ1) is 8.90. The number of rotatable bonds is 6. The van der Waals surface area contributed by atoms with Crippen molar-refractivity contribution < 1.29 is 19.8 Å². The van der Waals surface area contributed by atoms with E-state index in [1.54, 1.807) is 5.38 Å². The summed E-state index contributed by atoms with van der Waals surface area (Å²) in [6.45, 7) is 4.10. The molecule has 2 amide bonds. The van der Waals surface area contributed by atoms with Crippen LogP contribution in [0, 0.1) is 5.92 Å². The summed E-state index contributed by atoms with van der Waals surface area (Å²) in [4.78, 5) is 22.4. The molecule has 0 aliphatic carbocycles. The molecule has 1 atom stereocenters. The summed E-state index contributed by atoms with van der Waals surface area (Å²) < 4.78 is 0. The Hall–Kier alpha value is -1.60. The summed E-state index contributed by atoms with van der Waals surface area (Å²) in [5.41, 5.74) is 0.0582. The van der Waals surface area contributed by atoms with Crippen molar-refractivity contribution in [2.24, 2.45) is 5.92 Å². The first kappa shape index (κ1) is 15.5. The predicted octanol–water partition coefficient (Wildman–Crippen LogP) is 1.97. The van der Waals surface area contributed by atoms with E-state index < -0.39 is 18.1 Å². The van der Waals surface area contributed by atoms with Gasteiger partial charge in [-0.25, -0.2) is 9.59 Å². The highest BCUT2D eigenvalue weighted by atomic mass is 32.1. The molecule has 6 nitrogen and oxygen atoms in total. The van der Waals surface area contributed by atoms with Crippen LogP contribution in [-0.2, 0) is 0 Å². The van der Waals surface area contributed by atoms with Gasteiger partial charge in [-0.2, -0.15) is 0 Å². The van der Waals surface area contributed by atoms with Gasteiger partial charge in [-0.1, -0.05) is 13.8 Å². The van der Waals surface area contributed by atoms with Crippen LogP contribution >= 0.6 is 11.3 Å². The number of hydrogen-bond acceptors (Lipinski definition) is 4. The van der Waals surface area contributed by atoms with E-state index in [0.29, 0.717) is 12.3 Å². The van der Waals surface area contributed by atoms with Crippen LogP contribution in [0.15, 0.2) is 11.4 Å². The first-order valence-electron chi connectivity index (χ1n) is 5.93. The molecule has 0 bridgehead atoms. The second-order valence-electron chi connectivity index (χ2n) is 4.59. The van der Waals surface area contributed by atoms with Gasteiger partial charge in [0.15, 0.2) is 0 Å². The number of amides is 2. The highest BCUT2D eigenvalue weighted by Crippen LogP contribution is 2.22. The molecule has 0 aliphatic heterocycles. The molecule has 7 heteroatoms. The fourth-order valence-electron chi connectivity index (χ4n) is 1.56. The zero-order chi connectivity index (χ0) is 14.4. The van der Waals surface area contributed by atoms with Crippen LogP contribution in [0.2, 0.25) is 0 Å². The van der Waals surface area contributed by atoms with Crippen molar-refractivity contribution in [2.75, 3.05) is 11.9 Å². The van der Waals surface area contributed by atoms with Crippen LogP contribution in [0.5, 0.6) is 0 Å². The molecule has 106 valence electrons. The molecule has 0 spiro atoms. The van der Waals surface area contributed by atoms with Crippen LogP contribution in [-0.4, -0.2) is 34.9 Å².